The molecule has 0 fully saturated rings. The Morgan fingerprint density at radius 2 is 1.85 bits per heavy atom. The van der Waals surface area contributed by atoms with Crippen molar-refractivity contribution in [1.82, 2.24) is 14.9 Å². The van der Waals surface area contributed by atoms with E-state index in [4.69, 9.17) is 12.2 Å². The lowest BCUT2D eigenvalue weighted by molar-refractivity contribution is 0.394. The van der Waals surface area contributed by atoms with Crippen LogP contribution in [0.5, 0.6) is 5.88 Å². The SMILES string of the molecule is O=c1[nH]c(=S)n(Cc2ccccc2)c(O)c1C1NCCc2ccccc21. The summed E-state index contributed by atoms with van der Waals surface area (Å²) in [5, 5.41) is 14.3. The number of H-pyrrole nitrogens is 1. The normalized spacial score (nSPS) is 16.2. The molecule has 1 aliphatic rings. The summed E-state index contributed by atoms with van der Waals surface area (Å²) in [6.07, 6.45) is 0.897. The molecule has 0 bridgehead atoms. The Morgan fingerprint density at radius 1 is 1.12 bits per heavy atom. The van der Waals surface area contributed by atoms with E-state index < -0.39 is 0 Å². The van der Waals surface area contributed by atoms with E-state index in [1.807, 2.05) is 48.5 Å². The number of hydrogen-bond donors (Lipinski definition) is 3. The van der Waals surface area contributed by atoms with E-state index in [1.165, 1.54) is 5.56 Å². The van der Waals surface area contributed by atoms with E-state index in [0.717, 1.165) is 24.1 Å². The summed E-state index contributed by atoms with van der Waals surface area (Å²) in [5.74, 6) is -0.0863. The van der Waals surface area contributed by atoms with E-state index in [1.54, 1.807) is 4.57 Å². The second-order valence-corrected chi connectivity index (χ2v) is 6.79. The minimum absolute atomic E-state index is 0.0863. The highest BCUT2D eigenvalue weighted by Gasteiger charge is 2.27. The Labute approximate surface area is 156 Å². The van der Waals surface area contributed by atoms with Gasteiger partial charge in [0.2, 0.25) is 5.88 Å². The number of fused-ring (bicyclic) bond motifs is 1. The van der Waals surface area contributed by atoms with Crippen LogP contribution < -0.4 is 10.9 Å². The minimum atomic E-state index is -0.360. The van der Waals surface area contributed by atoms with Gasteiger partial charge >= 0.3 is 0 Å². The highest BCUT2D eigenvalue weighted by Crippen LogP contribution is 2.31. The first-order chi connectivity index (χ1) is 12.6. The lowest BCUT2D eigenvalue weighted by Gasteiger charge is -2.27. The van der Waals surface area contributed by atoms with Gasteiger partial charge in [-0.25, -0.2) is 0 Å². The molecule has 4 rings (SSSR count). The molecule has 132 valence electrons. The standard InChI is InChI=1S/C20H19N3O2S/c24-18-16(17-15-9-5-4-8-14(15)10-11-21-17)19(25)23(20(26)22-18)12-13-6-2-1-3-7-13/h1-9,17,21,25H,10-12H2,(H,22,24,26). The maximum atomic E-state index is 12.6. The van der Waals surface area contributed by atoms with Crippen LogP contribution in [-0.2, 0) is 13.0 Å². The molecule has 0 radical (unpaired) electrons. The number of nitrogens with zero attached hydrogens (tertiary/aromatic N) is 1. The minimum Gasteiger partial charge on any atom is -0.494 e. The van der Waals surface area contributed by atoms with Crippen LogP contribution in [0.2, 0.25) is 0 Å². The summed E-state index contributed by atoms with van der Waals surface area (Å²) in [7, 11) is 0. The van der Waals surface area contributed by atoms with Crippen molar-refractivity contribution >= 4 is 12.2 Å². The zero-order valence-corrected chi connectivity index (χ0v) is 14.9. The van der Waals surface area contributed by atoms with E-state index in [9.17, 15) is 9.90 Å². The topological polar surface area (TPSA) is 70.0 Å². The van der Waals surface area contributed by atoms with E-state index in [2.05, 4.69) is 16.4 Å². The Hall–Kier alpha value is -2.70. The summed E-state index contributed by atoms with van der Waals surface area (Å²) in [5.41, 5.74) is 3.15. The number of aromatic hydroxyl groups is 1. The number of aromatic nitrogens is 2. The predicted molar refractivity (Wildman–Crippen MR) is 103 cm³/mol. The zero-order valence-electron chi connectivity index (χ0n) is 14.1. The molecule has 0 saturated carbocycles. The first-order valence-electron chi connectivity index (χ1n) is 8.56. The Balaban J connectivity index is 1.85. The summed E-state index contributed by atoms with van der Waals surface area (Å²) in [4.78, 5) is 15.4. The Kier molecular flexibility index (Phi) is 4.44. The molecule has 1 aromatic heterocycles. The van der Waals surface area contributed by atoms with Gasteiger partial charge in [0.25, 0.3) is 5.56 Å². The van der Waals surface area contributed by atoms with Crippen molar-refractivity contribution in [3.05, 3.63) is 92.0 Å². The van der Waals surface area contributed by atoms with Gasteiger partial charge in [-0.1, -0.05) is 54.6 Å². The summed E-state index contributed by atoms with van der Waals surface area (Å²) >= 11 is 5.29. The van der Waals surface area contributed by atoms with Gasteiger partial charge in [0.05, 0.1) is 18.2 Å². The fourth-order valence-corrected chi connectivity index (χ4v) is 3.75. The highest BCUT2D eigenvalue weighted by molar-refractivity contribution is 7.71. The van der Waals surface area contributed by atoms with Crippen LogP contribution in [0.15, 0.2) is 59.4 Å². The first kappa shape index (κ1) is 16.8. The third kappa shape index (κ3) is 2.98. The van der Waals surface area contributed by atoms with Crippen molar-refractivity contribution in [3.8, 4) is 5.88 Å². The summed E-state index contributed by atoms with van der Waals surface area (Å²) in [6.45, 7) is 1.14. The quantitative estimate of drug-likeness (QED) is 0.624. The molecular weight excluding hydrogens is 346 g/mol. The summed E-state index contributed by atoms with van der Waals surface area (Å²) in [6, 6.07) is 17.4. The lowest BCUT2D eigenvalue weighted by Crippen LogP contribution is -2.35. The largest absolute Gasteiger partial charge is 0.494 e. The van der Waals surface area contributed by atoms with Gasteiger partial charge in [-0.05, 0) is 35.3 Å². The van der Waals surface area contributed by atoms with E-state index >= 15 is 0 Å². The molecule has 2 aromatic carbocycles. The molecule has 26 heavy (non-hydrogen) atoms. The van der Waals surface area contributed by atoms with Gasteiger partial charge in [0, 0.05) is 6.54 Å². The monoisotopic (exact) mass is 365 g/mol. The molecular formula is C20H19N3O2S. The zero-order chi connectivity index (χ0) is 18.1. The van der Waals surface area contributed by atoms with Crippen molar-refractivity contribution in [1.29, 1.82) is 0 Å². The molecule has 1 aliphatic heterocycles. The summed E-state index contributed by atoms with van der Waals surface area (Å²) < 4.78 is 1.78. The van der Waals surface area contributed by atoms with Crippen LogP contribution in [0.3, 0.4) is 0 Å². The average molecular weight is 365 g/mol. The fraction of sp³-hybridized carbons (Fsp3) is 0.200. The molecule has 0 saturated heterocycles. The number of hydrogen-bond acceptors (Lipinski definition) is 4. The van der Waals surface area contributed by atoms with Gasteiger partial charge in [-0.15, -0.1) is 0 Å². The van der Waals surface area contributed by atoms with Crippen molar-refractivity contribution in [2.75, 3.05) is 6.54 Å². The Bertz CT molecular complexity index is 1060. The third-order valence-electron chi connectivity index (χ3n) is 4.79. The molecule has 0 aliphatic carbocycles. The van der Waals surface area contributed by atoms with Crippen LogP contribution in [0.1, 0.15) is 28.3 Å². The average Bonchev–Trinajstić information content (AvgIpc) is 2.66. The first-order valence-corrected chi connectivity index (χ1v) is 8.97. The van der Waals surface area contributed by atoms with Crippen LogP contribution >= 0.6 is 12.2 Å². The molecule has 1 unspecified atom stereocenters. The Morgan fingerprint density at radius 3 is 2.65 bits per heavy atom. The lowest BCUT2D eigenvalue weighted by atomic mass is 9.91. The second-order valence-electron chi connectivity index (χ2n) is 6.40. The predicted octanol–water partition coefficient (Wildman–Crippen LogP) is 2.89. The van der Waals surface area contributed by atoms with Crippen LogP contribution in [-0.4, -0.2) is 21.2 Å². The van der Waals surface area contributed by atoms with Crippen LogP contribution in [0.25, 0.3) is 0 Å². The van der Waals surface area contributed by atoms with Gasteiger partial charge in [0.1, 0.15) is 0 Å². The maximum absolute atomic E-state index is 12.6. The number of benzene rings is 2. The number of nitrogens with one attached hydrogen (secondary N) is 2. The molecule has 0 amide bonds. The fourth-order valence-electron chi connectivity index (χ4n) is 3.51. The van der Waals surface area contributed by atoms with Gasteiger partial charge < -0.3 is 10.4 Å². The molecule has 3 N–H and O–H groups in total. The van der Waals surface area contributed by atoms with Crippen LogP contribution in [0, 0.1) is 4.77 Å². The van der Waals surface area contributed by atoms with Crippen molar-refractivity contribution in [2.24, 2.45) is 0 Å². The van der Waals surface area contributed by atoms with Crippen molar-refractivity contribution < 1.29 is 5.11 Å². The van der Waals surface area contributed by atoms with Gasteiger partial charge in [-0.2, -0.15) is 0 Å². The highest BCUT2D eigenvalue weighted by atomic mass is 32.1. The smallest absolute Gasteiger partial charge is 0.260 e. The van der Waals surface area contributed by atoms with Crippen LogP contribution in [0.4, 0.5) is 0 Å². The molecule has 1 atom stereocenters. The van der Waals surface area contributed by atoms with Gasteiger partial charge in [-0.3, -0.25) is 14.3 Å². The van der Waals surface area contributed by atoms with Gasteiger partial charge in [0.15, 0.2) is 4.77 Å². The molecule has 0 spiro atoms. The van der Waals surface area contributed by atoms with E-state index in [0.29, 0.717) is 12.1 Å². The van der Waals surface area contributed by atoms with Crippen molar-refractivity contribution in [2.45, 2.75) is 19.0 Å². The number of rotatable bonds is 3. The number of aromatic amines is 1. The second kappa shape index (κ2) is 6.90. The van der Waals surface area contributed by atoms with E-state index in [-0.39, 0.29) is 22.3 Å². The molecule has 5 nitrogen and oxygen atoms in total. The maximum Gasteiger partial charge on any atom is 0.260 e. The molecule has 3 aromatic rings. The molecule has 2 heterocycles. The van der Waals surface area contributed by atoms with Crippen molar-refractivity contribution in [3.63, 3.8) is 0 Å². The third-order valence-corrected chi connectivity index (χ3v) is 5.11. The molecule has 6 heteroatoms.